The molecule has 7 nitrogen and oxygen atoms in total. The molecule has 22 heavy (non-hydrogen) atoms. The molecule has 0 spiro atoms. The first-order chi connectivity index (χ1) is 10.1. The fourth-order valence-corrected chi connectivity index (χ4v) is 2.40. The Kier molecular flexibility index (Phi) is 5.44. The minimum atomic E-state index is -1.15. The molecule has 110 valence electrons. The fourth-order valence-electron chi connectivity index (χ4n) is 2.22. The Morgan fingerprint density at radius 1 is 1.41 bits per heavy atom. The van der Waals surface area contributed by atoms with Gasteiger partial charge in [-0.25, -0.2) is 9.50 Å². The van der Waals surface area contributed by atoms with E-state index in [0.717, 1.165) is 5.56 Å². The molecule has 2 atom stereocenters. The first-order valence-corrected chi connectivity index (χ1v) is 6.90. The van der Waals surface area contributed by atoms with Crippen LogP contribution in [0, 0.1) is 11.8 Å². The third-order valence-electron chi connectivity index (χ3n) is 3.51. The van der Waals surface area contributed by atoms with Crippen LogP contribution in [-0.2, 0) is 16.0 Å². The van der Waals surface area contributed by atoms with Gasteiger partial charge in [-0.15, -0.1) is 0 Å². The van der Waals surface area contributed by atoms with Crippen LogP contribution in [0.3, 0.4) is 0 Å². The van der Waals surface area contributed by atoms with E-state index in [0.29, 0.717) is 30.1 Å². The molecular weight excluding hydrogens is 319 g/mol. The number of nitrogens with zero attached hydrogens (tertiary/aromatic N) is 3. The van der Waals surface area contributed by atoms with Crippen LogP contribution in [0.2, 0.25) is 5.02 Å². The van der Waals surface area contributed by atoms with Crippen molar-refractivity contribution >= 4 is 29.1 Å². The van der Waals surface area contributed by atoms with Crippen LogP contribution < -0.4 is 40.0 Å². The number of hydrogen-bond donors (Lipinski definition) is 1. The number of amides is 1. The maximum absolute atomic E-state index is 11.7. The number of carbonyl (C=O) groups is 2. The molecule has 9 heteroatoms. The number of rotatable bonds is 5. The maximum Gasteiger partial charge on any atom is 1.00 e. The van der Waals surface area contributed by atoms with Crippen molar-refractivity contribution in [3.05, 3.63) is 29.2 Å². The van der Waals surface area contributed by atoms with Gasteiger partial charge in [-0.3, -0.25) is 4.79 Å². The zero-order chi connectivity index (χ0) is 15.0. The van der Waals surface area contributed by atoms with E-state index < -0.39 is 17.8 Å². The molecule has 2 aromatic rings. The topological polar surface area (TPSA) is 99.4 Å². The van der Waals surface area contributed by atoms with Crippen LogP contribution in [-0.4, -0.2) is 33.0 Å². The minimum Gasteiger partial charge on any atom is -0.550 e. The summed E-state index contributed by atoms with van der Waals surface area (Å²) in [5, 5.41) is 17.8. The van der Waals surface area contributed by atoms with Crippen LogP contribution in [0.5, 0.6) is 0 Å². The number of carboxylic acids is 1. The third kappa shape index (κ3) is 3.60. The number of carboxylic acid groups (broad SMARTS) is 1. The van der Waals surface area contributed by atoms with Crippen LogP contribution in [0.25, 0.3) is 5.65 Å². The van der Waals surface area contributed by atoms with E-state index in [-0.39, 0.29) is 35.5 Å². The van der Waals surface area contributed by atoms with Crippen LogP contribution >= 0.6 is 11.6 Å². The van der Waals surface area contributed by atoms with E-state index in [1.54, 1.807) is 16.9 Å². The Morgan fingerprint density at radius 3 is 2.86 bits per heavy atom. The first kappa shape index (κ1) is 17.2. The molecule has 1 aliphatic carbocycles. The quantitative estimate of drug-likeness (QED) is 0.572. The normalized spacial score (nSPS) is 19.5. The smallest absolute Gasteiger partial charge is 0.550 e. The monoisotopic (exact) mass is 330 g/mol. The van der Waals surface area contributed by atoms with Crippen molar-refractivity contribution in [3.63, 3.8) is 0 Å². The van der Waals surface area contributed by atoms with Crippen molar-refractivity contribution in [1.82, 2.24) is 19.9 Å². The van der Waals surface area contributed by atoms with E-state index in [2.05, 4.69) is 15.4 Å². The number of aliphatic carboxylic acids is 1. The number of nitrogens with one attached hydrogen (secondary N) is 1. The van der Waals surface area contributed by atoms with Gasteiger partial charge in [0.15, 0.2) is 5.65 Å². The zero-order valence-electron chi connectivity index (χ0n) is 12.0. The summed E-state index contributed by atoms with van der Waals surface area (Å²) >= 11 is 5.90. The number of aromatic nitrogens is 3. The summed E-state index contributed by atoms with van der Waals surface area (Å²) in [5.74, 6) is -2.46. The van der Waals surface area contributed by atoms with Crippen molar-refractivity contribution in [3.8, 4) is 0 Å². The van der Waals surface area contributed by atoms with Gasteiger partial charge in [0.05, 0.1) is 6.20 Å². The van der Waals surface area contributed by atoms with Gasteiger partial charge in [0.1, 0.15) is 5.02 Å². The van der Waals surface area contributed by atoms with Crippen molar-refractivity contribution in [2.24, 2.45) is 11.8 Å². The van der Waals surface area contributed by atoms with Gasteiger partial charge in [0.2, 0.25) is 5.91 Å². The van der Waals surface area contributed by atoms with Gasteiger partial charge in [-0.05, 0) is 18.4 Å². The summed E-state index contributed by atoms with van der Waals surface area (Å²) in [6, 6.07) is 0. The molecule has 0 bridgehead atoms. The van der Waals surface area contributed by atoms with E-state index >= 15 is 0 Å². The van der Waals surface area contributed by atoms with Crippen LogP contribution in [0.15, 0.2) is 18.6 Å². The maximum atomic E-state index is 11.7. The SMILES string of the molecule is O=C(NCCc1cnc2c(Cl)cnn2c1)[C@H]1C[C@H]1C(=O)[O-].[Na+]. The Bertz CT molecular complexity index is 720. The molecular formula is C13H12ClN4NaO3. The average molecular weight is 331 g/mol. The van der Waals surface area contributed by atoms with E-state index in [1.165, 1.54) is 6.20 Å². The van der Waals surface area contributed by atoms with E-state index in [1.807, 2.05) is 0 Å². The molecule has 1 saturated carbocycles. The van der Waals surface area contributed by atoms with Gasteiger partial charge in [0, 0.05) is 36.7 Å². The van der Waals surface area contributed by atoms with Gasteiger partial charge in [0.25, 0.3) is 0 Å². The van der Waals surface area contributed by atoms with Crippen LogP contribution in [0.1, 0.15) is 12.0 Å². The number of hydrogen-bond acceptors (Lipinski definition) is 5. The Labute approximate surface area is 153 Å². The predicted molar refractivity (Wildman–Crippen MR) is 71.3 cm³/mol. The van der Waals surface area contributed by atoms with Gasteiger partial charge in [-0.1, -0.05) is 11.6 Å². The summed E-state index contributed by atoms with van der Waals surface area (Å²) in [6.07, 6.45) is 5.93. The van der Waals surface area contributed by atoms with Crippen LogP contribution in [0.4, 0.5) is 0 Å². The Hall–Kier alpha value is -1.15. The largest absolute Gasteiger partial charge is 1.00 e. The summed E-state index contributed by atoms with van der Waals surface area (Å²) in [5.41, 5.74) is 1.48. The summed E-state index contributed by atoms with van der Waals surface area (Å²) < 4.78 is 1.58. The van der Waals surface area contributed by atoms with Crippen molar-refractivity contribution in [2.45, 2.75) is 12.8 Å². The summed E-state index contributed by atoms with van der Waals surface area (Å²) in [6.45, 7) is 0.414. The molecule has 0 unspecified atom stereocenters. The second-order valence-corrected chi connectivity index (χ2v) is 5.44. The molecule has 0 saturated heterocycles. The standard InChI is InChI=1S/C13H13ClN4O3.Na/c14-10-5-17-18-6-7(4-16-11(10)18)1-2-15-12(19)8-3-9(8)13(20)21;/h4-6,8-9H,1-3H2,(H,15,19)(H,20,21);/q;+1/p-1/t8-,9+;/m0./s1. The second kappa shape index (κ2) is 6.95. The molecule has 1 amide bonds. The van der Waals surface area contributed by atoms with Gasteiger partial charge in [-0.2, -0.15) is 5.10 Å². The first-order valence-electron chi connectivity index (χ1n) is 6.52. The van der Waals surface area contributed by atoms with Crippen molar-refractivity contribution < 1.29 is 44.3 Å². The molecule has 0 aliphatic heterocycles. The summed E-state index contributed by atoms with van der Waals surface area (Å²) in [4.78, 5) is 26.4. The molecule has 3 rings (SSSR count). The Morgan fingerprint density at radius 2 is 2.18 bits per heavy atom. The molecule has 0 radical (unpaired) electrons. The van der Waals surface area contributed by atoms with Gasteiger partial charge < -0.3 is 15.2 Å². The predicted octanol–water partition coefficient (Wildman–Crippen LogP) is -3.57. The molecule has 0 aromatic carbocycles. The number of fused-ring (bicyclic) bond motifs is 1. The average Bonchev–Trinajstić information content (AvgIpc) is 3.19. The van der Waals surface area contributed by atoms with E-state index in [9.17, 15) is 14.7 Å². The fraction of sp³-hybridized carbons (Fsp3) is 0.385. The molecule has 2 heterocycles. The summed E-state index contributed by atoms with van der Waals surface area (Å²) in [7, 11) is 0. The van der Waals surface area contributed by atoms with Crippen molar-refractivity contribution in [1.29, 1.82) is 0 Å². The molecule has 1 N–H and O–H groups in total. The molecule has 1 aliphatic rings. The molecule has 1 fully saturated rings. The minimum absolute atomic E-state index is 0. The third-order valence-corrected chi connectivity index (χ3v) is 3.78. The number of halogens is 1. The Balaban J connectivity index is 0.00000176. The zero-order valence-corrected chi connectivity index (χ0v) is 14.7. The molecule has 2 aromatic heterocycles. The van der Waals surface area contributed by atoms with E-state index in [4.69, 9.17) is 11.6 Å². The van der Waals surface area contributed by atoms with Gasteiger partial charge >= 0.3 is 29.6 Å². The second-order valence-electron chi connectivity index (χ2n) is 5.03. The number of carbonyl (C=O) groups excluding carboxylic acids is 2. The van der Waals surface area contributed by atoms with Crippen molar-refractivity contribution in [2.75, 3.05) is 6.54 Å².